The summed E-state index contributed by atoms with van der Waals surface area (Å²) in [4.78, 5) is 28.1. The number of halogens is 2. The van der Waals surface area contributed by atoms with Crippen LogP contribution in [-0.2, 0) is 26.2 Å². The van der Waals surface area contributed by atoms with Crippen LogP contribution < -0.4 is 14.4 Å². The van der Waals surface area contributed by atoms with Crippen molar-refractivity contribution in [1.82, 2.24) is 10.2 Å². The van der Waals surface area contributed by atoms with Gasteiger partial charge in [-0.15, -0.1) is 0 Å². The number of carbonyl (C=O) groups excluding carboxylic acids is 2. The molecule has 39 heavy (non-hydrogen) atoms. The predicted molar refractivity (Wildman–Crippen MR) is 158 cm³/mol. The number of nitrogens with one attached hydrogen (secondary N) is 1. The topological polar surface area (TPSA) is 96.0 Å². The van der Waals surface area contributed by atoms with Gasteiger partial charge in [0.2, 0.25) is 21.8 Å². The van der Waals surface area contributed by atoms with Crippen LogP contribution in [0, 0.1) is 5.92 Å². The molecule has 0 aliphatic heterocycles. The fourth-order valence-corrected chi connectivity index (χ4v) is 5.49. The molecule has 8 nitrogen and oxygen atoms in total. The Labute approximate surface area is 242 Å². The molecule has 0 aliphatic carbocycles. The minimum atomic E-state index is -3.60. The fraction of sp³-hybridized carbons (Fsp3) is 0.500. The second-order valence-corrected chi connectivity index (χ2v) is 12.4. The van der Waals surface area contributed by atoms with Gasteiger partial charge in [-0.1, -0.05) is 50.0 Å². The summed E-state index contributed by atoms with van der Waals surface area (Å²) >= 11 is 12.4. The first-order valence-electron chi connectivity index (χ1n) is 13.1. The monoisotopic (exact) mass is 599 g/mol. The van der Waals surface area contributed by atoms with Crippen LogP contribution in [0.25, 0.3) is 0 Å². The summed E-state index contributed by atoms with van der Waals surface area (Å²) < 4.78 is 31.8. The summed E-state index contributed by atoms with van der Waals surface area (Å²) in [7, 11) is -3.60. The number of hydrogen-bond acceptors (Lipinski definition) is 5. The Bertz CT molecular complexity index is 1210. The normalized spacial score (nSPS) is 12.2. The summed E-state index contributed by atoms with van der Waals surface area (Å²) in [6.45, 7) is 8.93. The van der Waals surface area contributed by atoms with Gasteiger partial charge in [0.05, 0.1) is 18.6 Å². The van der Waals surface area contributed by atoms with Gasteiger partial charge in [0.15, 0.2) is 0 Å². The molecule has 216 valence electrons. The second kappa shape index (κ2) is 15.3. The van der Waals surface area contributed by atoms with Gasteiger partial charge in [-0.25, -0.2) is 8.42 Å². The molecule has 0 spiro atoms. The number of anilines is 1. The lowest BCUT2D eigenvalue weighted by molar-refractivity contribution is -0.141. The van der Waals surface area contributed by atoms with E-state index in [0.29, 0.717) is 46.6 Å². The van der Waals surface area contributed by atoms with E-state index in [4.69, 9.17) is 27.9 Å². The van der Waals surface area contributed by atoms with Crippen LogP contribution >= 0.6 is 23.2 Å². The Morgan fingerprint density at radius 2 is 1.72 bits per heavy atom. The number of rotatable bonds is 15. The Hall–Kier alpha value is -2.49. The molecule has 2 aromatic carbocycles. The quantitative estimate of drug-likeness (QED) is 0.291. The molecule has 1 N–H and O–H groups in total. The van der Waals surface area contributed by atoms with Crippen molar-refractivity contribution in [2.75, 3.05) is 30.3 Å². The summed E-state index contributed by atoms with van der Waals surface area (Å²) in [5, 5.41) is 3.79. The van der Waals surface area contributed by atoms with E-state index < -0.39 is 16.1 Å². The molecule has 0 aliphatic rings. The van der Waals surface area contributed by atoms with E-state index in [1.54, 1.807) is 42.5 Å². The first-order chi connectivity index (χ1) is 18.4. The minimum Gasteiger partial charge on any atom is -0.494 e. The van der Waals surface area contributed by atoms with Gasteiger partial charge >= 0.3 is 0 Å². The zero-order valence-corrected chi connectivity index (χ0v) is 25.6. The number of carbonyl (C=O) groups is 2. The molecular weight excluding hydrogens is 561 g/mol. The lowest BCUT2D eigenvalue weighted by atomic mass is 10.1. The van der Waals surface area contributed by atoms with Gasteiger partial charge in [-0.3, -0.25) is 13.9 Å². The highest BCUT2D eigenvalue weighted by atomic mass is 35.5. The van der Waals surface area contributed by atoms with Crippen LogP contribution in [0.4, 0.5) is 5.69 Å². The minimum absolute atomic E-state index is 0.0439. The Kier molecular flexibility index (Phi) is 12.9. The average Bonchev–Trinajstić information content (AvgIpc) is 2.86. The van der Waals surface area contributed by atoms with Crippen molar-refractivity contribution in [3.8, 4) is 5.75 Å². The smallest absolute Gasteiger partial charge is 0.242 e. The molecular formula is C28H39Cl2N3O5S. The molecule has 0 bridgehead atoms. The molecule has 0 fully saturated rings. The second-order valence-electron chi connectivity index (χ2n) is 9.69. The van der Waals surface area contributed by atoms with Crippen LogP contribution in [0.1, 0.15) is 52.5 Å². The van der Waals surface area contributed by atoms with E-state index in [2.05, 4.69) is 5.32 Å². The Balaban J connectivity index is 2.23. The summed E-state index contributed by atoms with van der Waals surface area (Å²) in [5.74, 6) is 0.387. The van der Waals surface area contributed by atoms with Crippen molar-refractivity contribution in [2.45, 2.75) is 59.5 Å². The number of benzene rings is 2. The first kappa shape index (κ1) is 32.7. The van der Waals surface area contributed by atoms with E-state index in [1.807, 2.05) is 27.7 Å². The number of sulfonamides is 1. The third-order valence-electron chi connectivity index (χ3n) is 6.01. The Morgan fingerprint density at radius 3 is 2.26 bits per heavy atom. The first-order valence-corrected chi connectivity index (χ1v) is 15.7. The molecule has 11 heteroatoms. The number of amides is 2. The maximum atomic E-state index is 13.5. The molecule has 0 unspecified atom stereocenters. The number of hydrogen-bond donors (Lipinski definition) is 1. The number of ether oxygens (including phenoxy) is 1. The van der Waals surface area contributed by atoms with E-state index in [0.717, 1.165) is 6.26 Å². The van der Waals surface area contributed by atoms with Crippen molar-refractivity contribution in [1.29, 1.82) is 0 Å². The number of nitrogens with zero attached hydrogens (tertiary/aromatic N) is 2. The predicted octanol–water partition coefficient (Wildman–Crippen LogP) is 5.52. The molecule has 2 amide bonds. The summed E-state index contributed by atoms with van der Waals surface area (Å²) in [6, 6.07) is 11.1. The maximum Gasteiger partial charge on any atom is 0.242 e. The van der Waals surface area contributed by atoms with Gasteiger partial charge in [-0.2, -0.15) is 0 Å². The maximum absolute atomic E-state index is 13.5. The molecule has 0 saturated heterocycles. The van der Waals surface area contributed by atoms with E-state index in [-0.39, 0.29) is 43.7 Å². The SMILES string of the molecule is CCOc1ccc(N(CCCC(=O)N(Cc2ccc(Cl)cc2Cl)[C@H](CC)C(=O)NCC(C)C)S(C)(=O)=O)cc1. The highest BCUT2D eigenvalue weighted by Gasteiger charge is 2.29. The molecule has 0 heterocycles. The molecule has 0 saturated carbocycles. The highest BCUT2D eigenvalue weighted by molar-refractivity contribution is 7.92. The third kappa shape index (κ3) is 10.2. The van der Waals surface area contributed by atoms with Crippen LogP contribution in [-0.4, -0.2) is 57.1 Å². The van der Waals surface area contributed by atoms with Crippen LogP contribution in [0.3, 0.4) is 0 Å². The average molecular weight is 601 g/mol. The third-order valence-corrected chi connectivity index (χ3v) is 7.80. The van der Waals surface area contributed by atoms with Crippen molar-refractivity contribution in [2.24, 2.45) is 5.92 Å². The van der Waals surface area contributed by atoms with Gasteiger partial charge in [0, 0.05) is 36.1 Å². The molecule has 0 aromatic heterocycles. The van der Waals surface area contributed by atoms with E-state index in [9.17, 15) is 18.0 Å². The van der Waals surface area contributed by atoms with Crippen LogP contribution in [0.2, 0.25) is 10.0 Å². The summed E-state index contributed by atoms with van der Waals surface area (Å²) in [6.07, 6.45) is 1.84. The Morgan fingerprint density at radius 1 is 1.05 bits per heavy atom. The van der Waals surface area contributed by atoms with Crippen LogP contribution in [0.5, 0.6) is 5.75 Å². The molecule has 1 atom stereocenters. The largest absolute Gasteiger partial charge is 0.494 e. The lowest BCUT2D eigenvalue weighted by Crippen LogP contribution is -2.49. The van der Waals surface area contributed by atoms with Gasteiger partial charge in [0.1, 0.15) is 11.8 Å². The van der Waals surface area contributed by atoms with Crippen molar-refractivity contribution < 1.29 is 22.7 Å². The molecule has 0 radical (unpaired) electrons. The summed E-state index contributed by atoms with van der Waals surface area (Å²) in [5.41, 5.74) is 1.15. The molecule has 2 aromatic rings. The fourth-order valence-electron chi connectivity index (χ4n) is 4.05. The standard InChI is InChI=1S/C28H39Cl2N3O5S/c1-6-26(28(35)31-18-20(3)4)32(19-21-10-11-22(29)17-25(21)30)27(34)9-8-16-33(39(5,36)37)23-12-14-24(15-13-23)38-7-2/h10-15,17,20,26H,6-9,16,18-19H2,1-5H3,(H,31,35)/t26-/m1/s1. The lowest BCUT2D eigenvalue weighted by Gasteiger charge is -2.31. The van der Waals surface area contributed by atoms with E-state index >= 15 is 0 Å². The molecule has 2 rings (SSSR count). The van der Waals surface area contributed by atoms with E-state index in [1.165, 1.54) is 9.21 Å². The van der Waals surface area contributed by atoms with Gasteiger partial charge in [0.25, 0.3) is 0 Å². The van der Waals surface area contributed by atoms with Crippen molar-refractivity contribution >= 4 is 50.7 Å². The highest BCUT2D eigenvalue weighted by Crippen LogP contribution is 2.25. The van der Waals surface area contributed by atoms with Crippen LogP contribution in [0.15, 0.2) is 42.5 Å². The zero-order chi connectivity index (χ0) is 29.2. The van der Waals surface area contributed by atoms with Gasteiger partial charge < -0.3 is 15.0 Å². The van der Waals surface area contributed by atoms with Crippen molar-refractivity contribution in [3.05, 3.63) is 58.1 Å². The zero-order valence-electron chi connectivity index (χ0n) is 23.2. The van der Waals surface area contributed by atoms with Gasteiger partial charge in [-0.05, 0) is 67.6 Å². The van der Waals surface area contributed by atoms with Crippen molar-refractivity contribution in [3.63, 3.8) is 0 Å².